The van der Waals surface area contributed by atoms with Crippen molar-refractivity contribution in [1.82, 2.24) is 4.90 Å². The molecule has 0 radical (unpaired) electrons. The molecule has 0 spiro atoms. The van der Waals surface area contributed by atoms with Crippen molar-refractivity contribution >= 4 is 5.97 Å². The number of hydrogen-bond acceptors (Lipinski definition) is 4. The van der Waals surface area contributed by atoms with E-state index < -0.39 is 11.5 Å². The van der Waals surface area contributed by atoms with Crippen LogP contribution in [0.15, 0.2) is 0 Å². The highest BCUT2D eigenvalue weighted by Crippen LogP contribution is 2.07. The van der Waals surface area contributed by atoms with Gasteiger partial charge in [-0.05, 0) is 20.8 Å². The quantitative estimate of drug-likeness (QED) is 0.636. The van der Waals surface area contributed by atoms with E-state index in [1.807, 2.05) is 18.7 Å². The van der Waals surface area contributed by atoms with Gasteiger partial charge in [0.15, 0.2) is 0 Å². The normalized spacial score (nSPS) is 15.7. The lowest BCUT2D eigenvalue weighted by Gasteiger charge is -2.32. The van der Waals surface area contributed by atoms with Gasteiger partial charge in [-0.2, -0.15) is 0 Å². The second-order valence-corrected chi connectivity index (χ2v) is 4.28. The van der Waals surface area contributed by atoms with Crippen LogP contribution in [0.1, 0.15) is 20.8 Å². The third-order valence-corrected chi connectivity index (χ3v) is 2.33. The monoisotopic (exact) mass is 218 g/mol. The molecule has 0 aliphatic rings. The van der Waals surface area contributed by atoms with E-state index in [4.69, 9.17) is 15.6 Å². The molecule has 1 unspecified atom stereocenters. The minimum atomic E-state index is -1.21. The highest BCUT2D eigenvalue weighted by Gasteiger charge is 2.31. The Labute approximate surface area is 91.2 Å². The highest BCUT2D eigenvalue weighted by atomic mass is 16.5. The second kappa shape index (κ2) is 6.05. The molecule has 0 saturated heterocycles. The molecule has 0 bridgehead atoms. The second-order valence-electron chi connectivity index (χ2n) is 4.28. The molecule has 90 valence electrons. The van der Waals surface area contributed by atoms with Crippen molar-refractivity contribution in [3.63, 3.8) is 0 Å². The molecule has 0 fully saturated rings. The lowest BCUT2D eigenvalue weighted by atomic mass is 10.0. The van der Waals surface area contributed by atoms with Gasteiger partial charge in [0.05, 0.1) is 6.61 Å². The van der Waals surface area contributed by atoms with Crippen molar-refractivity contribution in [2.75, 3.05) is 26.8 Å². The first-order valence-corrected chi connectivity index (χ1v) is 5.06. The molecule has 0 aromatic heterocycles. The molecule has 5 nitrogen and oxygen atoms in total. The average Bonchev–Trinajstić information content (AvgIpc) is 2.11. The molecule has 0 heterocycles. The van der Waals surface area contributed by atoms with Crippen molar-refractivity contribution in [3.8, 4) is 0 Å². The van der Waals surface area contributed by atoms with Gasteiger partial charge in [0, 0.05) is 26.2 Å². The summed E-state index contributed by atoms with van der Waals surface area (Å²) in [6, 6.07) is 0.252. The first-order chi connectivity index (χ1) is 6.81. The Hall–Kier alpha value is -0.650. The molecule has 3 N–H and O–H groups in total. The molecule has 0 saturated carbocycles. The molecular weight excluding hydrogens is 196 g/mol. The molecule has 0 aromatic carbocycles. The molecule has 5 heteroatoms. The Morgan fingerprint density at radius 1 is 1.60 bits per heavy atom. The van der Waals surface area contributed by atoms with Crippen molar-refractivity contribution in [3.05, 3.63) is 0 Å². The predicted octanol–water partition coefficient (Wildman–Crippen LogP) is 0.145. The van der Waals surface area contributed by atoms with Crippen LogP contribution in [0.4, 0.5) is 0 Å². The largest absolute Gasteiger partial charge is 0.480 e. The molecule has 0 aliphatic carbocycles. The predicted molar refractivity (Wildman–Crippen MR) is 58.8 cm³/mol. The number of nitrogens with zero attached hydrogens (tertiary/aromatic N) is 1. The third kappa shape index (κ3) is 5.11. The van der Waals surface area contributed by atoms with E-state index >= 15 is 0 Å². The molecule has 0 amide bonds. The van der Waals surface area contributed by atoms with Gasteiger partial charge in [0.25, 0.3) is 0 Å². The smallest absolute Gasteiger partial charge is 0.324 e. The van der Waals surface area contributed by atoms with Crippen LogP contribution < -0.4 is 5.73 Å². The Morgan fingerprint density at radius 3 is 2.47 bits per heavy atom. The summed E-state index contributed by atoms with van der Waals surface area (Å²) in [4.78, 5) is 12.9. The fourth-order valence-electron chi connectivity index (χ4n) is 1.22. The van der Waals surface area contributed by atoms with Gasteiger partial charge in [0.1, 0.15) is 5.54 Å². The van der Waals surface area contributed by atoms with Gasteiger partial charge in [-0.15, -0.1) is 0 Å². The zero-order valence-corrected chi connectivity index (χ0v) is 9.99. The number of carboxylic acid groups (broad SMARTS) is 1. The molecular formula is C10H22N2O3. The molecule has 15 heavy (non-hydrogen) atoms. The third-order valence-electron chi connectivity index (χ3n) is 2.33. The van der Waals surface area contributed by atoms with E-state index in [2.05, 4.69) is 0 Å². The Morgan fingerprint density at radius 2 is 2.13 bits per heavy atom. The molecule has 0 rings (SSSR count). The summed E-state index contributed by atoms with van der Waals surface area (Å²) in [5.74, 6) is -0.981. The zero-order chi connectivity index (χ0) is 12.1. The number of nitrogens with two attached hydrogens (primary N) is 1. The average molecular weight is 218 g/mol. The summed E-state index contributed by atoms with van der Waals surface area (Å²) in [6.45, 7) is 7.13. The summed E-state index contributed by atoms with van der Waals surface area (Å²) < 4.78 is 4.97. The lowest BCUT2D eigenvalue weighted by molar-refractivity contribution is -0.143. The van der Waals surface area contributed by atoms with E-state index in [0.717, 1.165) is 0 Å². The molecule has 0 aromatic rings. The summed E-state index contributed by atoms with van der Waals surface area (Å²) >= 11 is 0. The van der Waals surface area contributed by atoms with Gasteiger partial charge in [-0.1, -0.05) is 0 Å². The number of carboxylic acids is 1. The fraction of sp³-hybridized carbons (Fsp3) is 0.900. The summed E-state index contributed by atoms with van der Waals surface area (Å²) in [5.41, 5.74) is 4.48. The number of rotatable bonds is 7. The topological polar surface area (TPSA) is 75.8 Å². The molecule has 1 atom stereocenters. The Bertz CT molecular complexity index is 205. The summed E-state index contributed by atoms with van der Waals surface area (Å²) in [7, 11) is 1.62. The summed E-state index contributed by atoms with van der Waals surface area (Å²) in [6.07, 6.45) is 0. The number of carbonyl (C=O) groups is 1. The number of methoxy groups -OCH3 is 1. The lowest BCUT2D eigenvalue weighted by Crippen LogP contribution is -2.55. The van der Waals surface area contributed by atoms with Crippen LogP contribution in [0.2, 0.25) is 0 Å². The van der Waals surface area contributed by atoms with Crippen molar-refractivity contribution in [1.29, 1.82) is 0 Å². The van der Waals surface area contributed by atoms with Crippen LogP contribution in [0.25, 0.3) is 0 Å². The van der Waals surface area contributed by atoms with E-state index in [1.54, 1.807) is 7.11 Å². The maximum absolute atomic E-state index is 10.9. The number of ether oxygens (including phenoxy) is 1. The first-order valence-electron chi connectivity index (χ1n) is 5.06. The van der Waals surface area contributed by atoms with Crippen molar-refractivity contribution < 1.29 is 14.6 Å². The van der Waals surface area contributed by atoms with Crippen LogP contribution in [0, 0.1) is 0 Å². The minimum absolute atomic E-state index is 0.252. The van der Waals surface area contributed by atoms with Gasteiger partial charge in [-0.25, -0.2) is 0 Å². The molecule has 0 aliphatic heterocycles. The summed E-state index contributed by atoms with van der Waals surface area (Å²) in [5, 5.41) is 8.91. The van der Waals surface area contributed by atoms with E-state index in [0.29, 0.717) is 19.7 Å². The van der Waals surface area contributed by atoms with E-state index in [1.165, 1.54) is 6.92 Å². The fourth-order valence-corrected chi connectivity index (χ4v) is 1.22. The van der Waals surface area contributed by atoms with Crippen molar-refractivity contribution in [2.45, 2.75) is 32.4 Å². The SMILES string of the molecule is COCCN(CC(C)(N)C(=O)O)C(C)C. The Kier molecular flexibility index (Phi) is 5.79. The number of aliphatic carboxylic acids is 1. The maximum atomic E-state index is 10.9. The standard InChI is InChI=1S/C10H22N2O3/c1-8(2)12(5-6-15-4)7-10(3,11)9(13)14/h8H,5-7,11H2,1-4H3,(H,13,14). The number of hydrogen-bond donors (Lipinski definition) is 2. The van der Waals surface area contributed by atoms with Crippen LogP contribution in [-0.2, 0) is 9.53 Å². The van der Waals surface area contributed by atoms with Gasteiger partial charge < -0.3 is 15.6 Å². The maximum Gasteiger partial charge on any atom is 0.324 e. The van der Waals surface area contributed by atoms with Crippen LogP contribution in [-0.4, -0.2) is 54.4 Å². The van der Waals surface area contributed by atoms with Gasteiger partial charge >= 0.3 is 5.97 Å². The van der Waals surface area contributed by atoms with Gasteiger partial charge in [0.2, 0.25) is 0 Å². The highest BCUT2D eigenvalue weighted by molar-refractivity contribution is 5.78. The van der Waals surface area contributed by atoms with Gasteiger partial charge in [-0.3, -0.25) is 9.69 Å². The van der Waals surface area contributed by atoms with Crippen LogP contribution >= 0.6 is 0 Å². The van der Waals surface area contributed by atoms with E-state index in [9.17, 15) is 4.79 Å². The minimum Gasteiger partial charge on any atom is -0.480 e. The van der Waals surface area contributed by atoms with Crippen LogP contribution in [0.3, 0.4) is 0 Å². The van der Waals surface area contributed by atoms with Crippen molar-refractivity contribution in [2.24, 2.45) is 5.73 Å². The van der Waals surface area contributed by atoms with Crippen LogP contribution in [0.5, 0.6) is 0 Å². The van der Waals surface area contributed by atoms with E-state index in [-0.39, 0.29) is 6.04 Å². The zero-order valence-electron chi connectivity index (χ0n) is 9.99. The Balaban J connectivity index is 4.33. The first kappa shape index (κ1) is 14.3.